The molecule has 0 aromatic heterocycles. The summed E-state index contributed by atoms with van der Waals surface area (Å²) in [6.45, 7) is 7.75. The van der Waals surface area contributed by atoms with Gasteiger partial charge in [0.15, 0.2) is 11.6 Å². The standard InChI is InChI=1S/C17H24BFO5/c1-16(2)17(3,4)24-18(23-16)12(10-15(20)22-6)11-7-8-13(19)14(9-11)21-5/h7-9,12H,10H2,1-6H3. The molecule has 1 saturated heterocycles. The average molecular weight is 338 g/mol. The van der Waals surface area contributed by atoms with E-state index in [2.05, 4.69) is 0 Å². The maximum atomic E-state index is 13.7. The molecule has 0 amide bonds. The number of halogens is 1. The van der Waals surface area contributed by atoms with E-state index >= 15 is 0 Å². The quantitative estimate of drug-likeness (QED) is 0.610. The van der Waals surface area contributed by atoms with Gasteiger partial charge >= 0.3 is 13.1 Å². The SMILES string of the molecule is COC(=O)CC(B1OC(C)(C)C(C)(C)O1)c1ccc(F)c(OC)c1. The summed E-state index contributed by atoms with van der Waals surface area (Å²) >= 11 is 0. The Kier molecular flexibility index (Phi) is 5.25. The van der Waals surface area contributed by atoms with Crippen molar-refractivity contribution in [3.8, 4) is 5.75 Å². The number of esters is 1. The maximum absolute atomic E-state index is 13.7. The van der Waals surface area contributed by atoms with Crippen molar-refractivity contribution in [3.05, 3.63) is 29.6 Å². The Labute approximate surface area is 142 Å². The van der Waals surface area contributed by atoms with Gasteiger partial charge in [0.25, 0.3) is 0 Å². The number of ether oxygens (including phenoxy) is 2. The van der Waals surface area contributed by atoms with Gasteiger partial charge in [-0.1, -0.05) is 6.07 Å². The van der Waals surface area contributed by atoms with Crippen molar-refractivity contribution in [2.24, 2.45) is 0 Å². The molecule has 0 N–H and O–H groups in total. The molecular weight excluding hydrogens is 314 g/mol. The second kappa shape index (κ2) is 6.72. The van der Waals surface area contributed by atoms with E-state index in [-0.39, 0.29) is 12.2 Å². The summed E-state index contributed by atoms with van der Waals surface area (Å²) in [5, 5.41) is 0. The highest BCUT2D eigenvalue weighted by Crippen LogP contribution is 2.42. The summed E-state index contributed by atoms with van der Waals surface area (Å²) in [4.78, 5) is 11.9. The predicted octanol–water partition coefficient (Wildman–Crippen LogP) is 3.11. The zero-order valence-corrected chi connectivity index (χ0v) is 15.0. The fraction of sp³-hybridized carbons (Fsp3) is 0.588. The molecule has 0 radical (unpaired) electrons. The molecule has 1 aliphatic rings. The van der Waals surface area contributed by atoms with Gasteiger partial charge in [-0.05, 0) is 45.4 Å². The van der Waals surface area contributed by atoms with Crippen LogP contribution in [-0.4, -0.2) is 38.5 Å². The summed E-state index contributed by atoms with van der Waals surface area (Å²) in [5.41, 5.74) is -0.371. The van der Waals surface area contributed by atoms with Crippen LogP contribution in [0.5, 0.6) is 5.75 Å². The van der Waals surface area contributed by atoms with Crippen molar-refractivity contribution in [1.29, 1.82) is 0 Å². The highest BCUT2D eigenvalue weighted by atomic mass is 19.1. The first kappa shape index (κ1) is 18.7. The molecule has 1 aliphatic heterocycles. The number of benzene rings is 1. The number of carbonyl (C=O) groups excluding carboxylic acids is 1. The summed E-state index contributed by atoms with van der Waals surface area (Å²) in [7, 11) is 2.07. The second-order valence-electron chi connectivity index (χ2n) is 6.91. The second-order valence-corrected chi connectivity index (χ2v) is 6.91. The molecule has 1 unspecified atom stereocenters. The van der Waals surface area contributed by atoms with Crippen LogP contribution in [0.3, 0.4) is 0 Å². The Morgan fingerprint density at radius 1 is 1.21 bits per heavy atom. The van der Waals surface area contributed by atoms with E-state index in [1.54, 1.807) is 12.1 Å². The lowest BCUT2D eigenvalue weighted by atomic mass is 9.66. The topological polar surface area (TPSA) is 54.0 Å². The van der Waals surface area contributed by atoms with Gasteiger partial charge in [-0.15, -0.1) is 0 Å². The summed E-state index contributed by atoms with van der Waals surface area (Å²) in [6, 6.07) is 4.48. The van der Waals surface area contributed by atoms with Crippen molar-refractivity contribution < 1.29 is 28.0 Å². The molecular formula is C17H24BFO5. The van der Waals surface area contributed by atoms with E-state index < -0.39 is 35.9 Å². The normalized spacial score (nSPS) is 19.9. The molecule has 0 aliphatic carbocycles. The third-order valence-corrected chi connectivity index (χ3v) is 4.82. The van der Waals surface area contributed by atoms with E-state index in [0.717, 1.165) is 0 Å². The first-order valence-corrected chi connectivity index (χ1v) is 7.87. The monoisotopic (exact) mass is 338 g/mol. The highest BCUT2D eigenvalue weighted by molar-refractivity contribution is 6.48. The van der Waals surface area contributed by atoms with Crippen LogP contribution in [0.15, 0.2) is 18.2 Å². The van der Waals surface area contributed by atoms with Crippen LogP contribution in [-0.2, 0) is 18.8 Å². The van der Waals surface area contributed by atoms with Crippen LogP contribution in [0.2, 0.25) is 0 Å². The molecule has 0 saturated carbocycles. The minimum absolute atomic E-state index is 0.0577. The van der Waals surface area contributed by atoms with E-state index in [1.165, 1.54) is 20.3 Å². The first-order chi connectivity index (χ1) is 11.1. The van der Waals surface area contributed by atoms with Crippen LogP contribution in [0.1, 0.15) is 45.5 Å². The van der Waals surface area contributed by atoms with Gasteiger partial charge < -0.3 is 18.8 Å². The smallest absolute Gasteiger partial charge is 0.466 e. The average Bonchev–Trinajstić information content (AvgIpc) is 2.73. The highest BCUT2D eigenvalue weighted by Gasteiger charge is 2.54. The lowest BCUT2D eigenvalue weighted by Gasteiger charge is -2.32. The lowest BCUT2D eigenvalue weighted by Crippen LogP contribution is -2.41. The van der Waals surface area contributed by atoms with Gasteiger partial charge in [0.1, 0.15) is 0 Å². The largest absolute Gasteiger partial charge is 0.494 e. The Bertz CT molecular complexity index is 601. The van der Waals surface area contributed by atoms with Crippen molar-refractivity contribution in [2.45, 2.75) is 51.1 Å². The number of carbonyl (C=O) groups is 1. The molecule has 2 rings (SSSR count). The van der Waals surface area contributed by atoms with Crippen molar-refractivity contribution in [1.82, 2.24) is 0 Å². The third-order valence-electron chi connectivity index (χ3n) is 4.82. The van der Waals surface area contributed by atoms with Gasteiger partial charge in [0, 0.05) is 5.82 Å². The summed E-state index contributed by atoms with van der Waals surface area (Å²) in [5.74, 6) is -1.18. The number of rotatable bonds is 5. The van der Waals surface area contributed by atoms with Crippen molar-refractivity contribution >= 4 is 13.1 Å². The molecule has 1 heterocycles. The Morgan fingerprint density at radius 2 is 1.79 bits per heavy atom. The molecule has 24 heavy (non-hydrogen) atoms. The van der Waals surface area contributed by atoms with Crippen molar-refractivity contribution in [3.63, 3.8) is 0 Å². The Morgan fingerprint density at radius 3 is 2.29 bits per heavy atom. The molecule has 5 nitrogen and oxygen atoms in total. The van der Waals surface area contributed by atoms with Crippen LogP contribution >= 0.6 is 0 Å². The van der Waals surface area contributed by atoms with Crippen LogP contribution in [0.25, 0.3) is 0 Å². The molecule has 0 bridgehead atoms. The van der Waals surface area contributed by atoms with Gasteiger partial charge in [0.05, 0.1) is 31.8 Å². The fourth-order valence-corrected chi connectivity index (χ4v) is 2.59. The van der Waals surface area contributed by atoms with Gasteiger partial charge in [-0.25, -0.2) is 4.39 Å². The van der Waals surface area contributed by atoms with Crippen LogP contribution in [0, 0.1) is 5.82 Å². The zero-order chi connectivity index (χ0) is 18.1. The molecule has 0 spiro atoms. The van der Waals surface area contributed by atoms with Crippen molar-refractivity contribution in [2.75, 3.05) is 14.2 Å². The van der Waals surface area contributed by atoms with Crippen LogP contribution in [0.4, 0.5) is 4.39 Å². The minimum atomic E-state index is -0.649. The molecule has 1 atom stereocenters. The lowest BCUT2D eigenvalue weighted by molar-refractivity contribution is -0.140. The van der Waals surface area contributed by atoms with Gasteiger partial charge in [0.2, 0.25) is 0 Å². The van der Waals surface area contributed by atoms with E-state index in [0.29, 0.717) is 5.56 Å². The summed E-state index contributed by atoms with van der Waals surface area (Å²) < 4.78 is 35.7. The maximum Gasteiger partial charge on any atom is 0.466 e. The molecule has 132 valence electrons. The molecule has 1 aromatic carbocycles. The zero-order valence-electron chi connectivity index (χ0n) is 15.0. The summed E-state index contributed by atoms with van der Waals surface area (Å²) in [6.07, 6.45) is 0.0577. The Hall–Kier alpha value is -1.60. The van der Waals surface area contributed by atoms with E-state index in [4.69, 9.17) is 18.8 Å². The molecule has 1 fully saturated rings. The first-order valence-electron chi connectivity index (χ1n) is 7.87. The third kappa shape index (κ3) is 3.57. The minimum Gasteiger partial charge on any atom is -0.494 e. The van der Waals surface area contributed by atoms with E-state index in [9.17, 15) is 9.18 Å². The Balaban J connectivity index is 2.38. The predicted molar refractivity (Wildman–Crippen MR) is 88.4 cm³/mol. The molecule has 7 heteroatoms. The fourth-order valence-electron chi connectivity index (χ4n) is 2.59. The molecule has 1 aromatic rings. The number of hydrogen-bond acceptors (Lipinski definition) is 5. The van der Waals surface area contributed by atoms with Crippen LogP contribution < -0.4 is 4.74 Å². The van der Waals surface area contributed by atoms with Gasteiger partial charge in [-0.3, -0.25) is 4.79 Å². The number of hydrogen-bond donors (Lipinski definition) is 0. The van der Waals surface area contributed by atoms with E-state index in [1.807, 2.05) is 27.7 Å². The van der Waals surface area contributed by atoms with Gasteiger partial charge in [-0.2, -0.15) is 0 Å². The number of methoxy groups -OCH3 is 2.